The Bertz CT molecular complexity index is 705. The van der Waals surface area contributed by atoms with Crippen LogP contribution in [0.15, 0.2) is 24.4 Å². The highest BCUT2D eigenvalue weighted by molar-refractivity contribution is 7.22. The molecular weight excluding hydrogens is 298 g/mol. The number of thiazole rings is 2. The van der Waals surface area contributed by atoms with E-state index in [1.165, 1.54) is 4.88 Å². The van der Waals surface area contributed by atoms with Crippen LogP contribution in [0, 0.1) is 0 Å². The Kier molecular flexibility index (Phi) is 3.68. The number of benzene rings is 1. The molecule has 0 saturated carbocycles. The van der Waals surface area contributed by atoms with Crippen LogP contribution in [-0.2, 0) is 13.0 Å². The fourth-order valence-electron chi connectivity index (χ4n) is 1.72. The summed E-state index contributed by atoms with van der Waals surface area (Å²) in [4.78, 5) is 10.2. The maximum absolute atomic E-state index is 5.96. The SMILES string of the molecule is CCc1cnc(CNc2nc3cc(Cl)ccc3s2)s1. The molecule has 0 aliphatic heterocycles. The van der Waals surface area contributed by atoms with Gasteiger partial charge in [-0.1, -0.05) is 29.9 Å². The molecule has 0 atom stereocenters. The van der Waals surface area contributed by atoms with Crippen molar-refractivity contribution in [3.8, 4) is 0 Å². The first-order valence-electron chi connectivity index (χ1n) is 5.98. The highest BCUT2D eigenvalue weighted by atomic mass is 35.5. The second-order valence-electron chi connectivity index (χ2n) is 4.06. The monoisotopic (exact) mass is 309 g/mol. The van der Waals surface area contributed by atoms with Gasteiger partial charge in [-0.2, -0.15) is 0 Å². The van der Waals surface area contributed by atoms with E-state index in [-0.39, 0.29) is 0 Å². The Morgan fingerprint density at radius 1 is 1.32 bits per heavy atom. The number of rotatable bonds is 4. The predicted octanol–water partition coefficient (Wildman–Crippen LogP) is 4.58. The van der Waals surface area contributed by atoms with E-state index < -0.39 is 0 Å². The number of hydrogen-bond donors (Lipinski definition) is 1. The van der Waals surface area contributed by atoms with Crippen LogP contribution < -0.4 is 5.32 Å². The van der Waals surface area contributed by atoms with Gasteiger partial charge in [-0.15, -0.1) is 11.3 Å². The summed E-state index contributed by atoms with van der Waals surface area (Å²) in [5, 5.41) is 6.04. The van der Waals surface area contributed by atoms with Crippen molar-refractivity contribution in [1.82, 2.24) is 9.97 Å². The van der Waals surface area contributed by atoms with Gasteiger partial charge in [0.2, 0.25) is 0 Å². The van der Waals surface area contributed by atoms with Crippen molar-refractivity contribution in [1.29, 1.82) is 0 Å². The van der Waals surface area contributed by atoms with Crippen molar-refractivity contribution in [2.45, 2.75) is 19.9 Å². The molecular formula is C13H12ClN3S2. The van der Waals surface area contributed by atoms with Gasteiger partial charge in [-0.05, 0) is 24.6 Å². The molecule has 0 aliphatic rings. The second-order valence-corrected chi connectivity index (χ2v) is 6.73. The van der Waals surface area contributed by atoms with Crippen molar-refractivity contribution in [3.05, 3.63) is 39.3 Å². The Morgan fingerprint density at radius 3 is 3.00 bits per heavy atom. The molecule has 2 aromatic heterocycles. The lowest BCUT2D eigenvalue weighted by molar-refractivity contribution is 1.09. The molecule has 0 radical (unpaired) electrons. The summed E-state index contributed by atoms with van der Waals surface area (Å²) in [7, 11) is 0. The first kappa shape index (κ1) is 12.8. The third kappa shape index (κ3) is 2.88. The second kappa shape index (κ2) is 5.45. The van der Waals surface area contributed by atoms with Crippen LogP contribution in [0.1, 0.15) is 16.8 Å². The van der Waals surface area contributed by atoms with Crippen molar-refractivity contribution < 1.29 is 0 Å². The van der Waals surface area contributed by atoms with Gasteiger partial charge in [-0.3, -0.25) is 0 Å². The molecule has 1 N–H and O–H groups in total. The third-order valence-electron chi connectivity index (χ3n) is 2.69. The molecule has 6 heteroatoms. The Balaban J connectivity index is 1.74. The van der Waals surface area contributed by atoms with Gasteiger partial charge < -0.3 is 5.32 Å². The lowest BCUT2D eigenvalue weighted by atomic mass is 10.3. The van der Waals surface area contributed by atoms with E-state index in [4.69, 9.17) is 11.6 Å². The van der Waals surface area contributed by atoms with Crippen LogP contribution >= 0.6 is 34.3 Å². The fourth-order valence-corrected chi connectivity index (χ4v) is 3.53. The molecule has 3 aromatic rings. The van der Waals surface area contributed by atoms with Gasteiger partial charge in [-0.25, -0.2) is 9.97 Å². The smallest absolute Gasteiger partial charge is 0.184 e. The molecule has 1 aromatic carbocycles. The number of halogens is 1. The highest BCUT2D eigenvalue weighted by Crippen LogP contribution is 2.28. The Hall–Kier alpha value is -1.17. The normalized spacial score (nSPS) is 11.1. The van der Waals surface area contributed by atoms with Gasteiger partial charge in [0.1, 0.15) is 5.01 Å². The number of nitrogens with zero attached hydrogens (tertiary/aromatic N) is 2. The number of nitrogens with one attached hydrogen (secondary N) is 1. The molecule has 0 unspecified atom stereocenters. The number of anilines is 1. The fraction of sp³-hybridized carbons (Fsp3) is 0.231. The van der Waals surface area contributed by atoms with Crippen LogP contribution in [-0.4, -0.2) is 9.97 Å². The lowest BCUT2D eigenvalue weighted by Crippen LogP contribution is -1.97. The molecule has 2 heterocycles. The zero-order chi connectivity index (χ0) is 13.2. The average Bonchev–Trinajstić information content (AvgIpc) is 3.01. The first-order chi connectivity index (χ1) is 9.24. The third-order valence-corrected chi connectivity index (χ3v) is 5.06. The van der Waals surface area contributed by atoms with Gasteiger partial charge in [0.05, 0.1) is 16.8 Å². The van der Waals surface area contributed by atoms with Gasteiger partial charge in [0, 0.05) is 16.1 Å². The van der Waals surface area contributed by atoms with Gasteiger partial charge in [0.25, 0.3) is 0 Å². The molecule has 0 bridgehead atoms. The molecule has 0 aliphatic carbocycles. The minimum Gasteiger partial charge on any atom is -0.355 e. The largest absolute Gasteiger partial charge is 0.355 e. The quantitative estimate of drug-likeness (QED) is 0.766. The van der Waals surface area contributed by atoms with Crippen LogP contribution in [0.2, 0.25) is 5.02 Å². The molecule has 3 rings (SSSR count). The highest BCUT2D eigenvalue weighted by Gasteiger charge is 2.05. The molecule has 19 heavy (non-hydrogen) atoms. The average molecular weight is 310 g/mol. The number of aromatic nitrogens is 2. The zero-order valence-corrected chi connectivity index (χ0v) is 12.7. The topological polar surface area (TPSA) is 37.8 Å². The minimum atomic E-state index is 0.719. The minimum absolute atomic E-state index is 0.719. The standard InChI is InChI=1S/C13H12ClN3S2/c1-2-9-6-15-12(18-9)7-16-13-17-10-5-8(14)3-4-11(10)19-13/h3-6H,2,7H2,1H3,(H,16,17). The summed E-state index contributed by atoms with van der Waals surface area (Å²) in [6, 6.07) is 5.77. The van der Waals surface area contributed by atoms with E-state index in [1.54, 1.807) is 22.7 Å². The Morgan fingerprint density at radius 2 is 2.21 bits per heavy atom. The summed E-state index contributed by atoms with van der Waals surface area (Å²) in [5.74, 6) is 0. The van der Waals surface area contributed by atoms with Crippen molar-refractivity contribution >= 4 is 49.6 Å². The van der Waals surface area contributed by atoms with Gasteiger partial charge in [0.15, 0.2) is 5.13 Å². The van der Waals surface area contributed by atoms with Crippen molar-refractivity contribution in [2.75, 3.05) is 5.32 Å². The molecule has 0 fully saturated rings. The molecule has 0 spiro atoms. The van der Waals surface area contributed by atoms with E-state index in [2.05, 4.69) is 22.2 Å². The van der Waals surface area contributed by atoms with Crippen LogP contribution in [0.5, 0.6) is 0 Å². The van der Waals surface area contributed by atoms with Gasteiger partial charge >= 0.3 is 0 Å². The summed E-state index contributed by atoms with van der Waals surface area (Å²) < 4.78 is 1.14. The van der Waals surface area contributed by atoms with Crippen LogP contribution in [0.25, 0.3) is 10.2 Å². The molecule has 0 amide bonds. The lowest BCUT2D eigenvalue weighted by Gasteiger charge is -1.97. The molecule has 98 valence electrons. The van der Waals surface area contributed by atoms with E-state index in [0.29, 0.717) is 0 Å². The maximum atomic E-state index is 5.96. The van der Waals surface area contributed by atoms with Crippen LogP contribution in [0.3, 0.4) is 0 Å². The summed E-state index contributed by atoms with van der Waals surface area (Å²) in [6.07, 6.45) is 2.98. The molecule has 3 nitrogen and oxygen atoms in total. The summed E-state index contributed by atoms with van der Waals surface area (Å²) in [6.45, 7) is 2.86. The maximum Gasteiger partial charge on any atom is 0.184 e. The van der Waals surface area contributed by atoms with E-state index in [0.717, 1.165) is 38.3 Å². The summed E-state index contributed by atoms with van der Waals surface area (Å²) in [5.41, 5.74) is 0.938. The first-order valence-corrected chi connectivity index (χ1v) is 7.99. The van der Waals surface area contributed by atoms with Crippen molar-refractivity contribution in [2.24, 2.45) is 0 Å². The van der Waals surface area contributed by atoms with Crippen LogP contribution in [0.4, 0.5) is 5.13 Å². The number of aryl methyl sites for hydroxylation is 1. The Labute approximate surface area is 124 Å². The van der Waals surface area contributed by atoms with E-state index in [9.17, 15) is 0 Å². The summed E-state index contributed by atoms with van der Waals surface area (Å²) >= 11 is 9.33. The van der Waals surface area contributed by atoms with E-state index >= 15 is 0 Å². The molecule has 0 saturated heterocycles. The number of hydrogen-bond acceptors (Lipinski definition) is 5. The zero-order valence-electron chi connectivity index (χ0n) is 10.3. The van der Waals surface area contributed by atoms with Crippen molar-refractivity contribution in [3.63, 3.8) is 0 Å². The van der Waals surface area contributed by atoms with E-state index in [1.807, 2.05) is 24.4 Å². The predicted molar refractivity (Wildman–Crippen MR) is 83.4 cm³/mol. The number of fused-ring (bicyclic) bond motifs is 1.